The van der Waals surface area contributed by atoms with E-state index in [0.717, 1.165) is 0 Å². The summed E-state index contributed by atoms with van der Waals surface area (Å²) in [6, 6.07) is -0.650. The maximum Gasteiger partial charge on any atom is 0.354 e. The lowest BCUT2D eigenvalue weighted by atomic mass is 10.00. The molecule has 0 N–H and O–H groups in total. The molecule has 134 valence electrons. The van der Waals surface area contributed by atoms with Crippen LogP contribution in [0, 0.1) is 13.8 Å². The van der Waals surface area contributed by atoms with E-state index < -0.39 is 12.0 Å². The van der Waals surface area contributed by atoms with E-state index >= 15 is 0 Å². The number of nitrogens with zero attached hydrogens (tertiary/aromatic N) is 2. The number of hydrogen-bond donors (Lipinski definition) is 0. The molecule has 0 radical (unpaired) electrons. The van der Waals surface area contributed by atoms with Gasteiger partial charge in [-0.1, -0.05) is 0 Å². The summed E-state index contributed by atoms with van der Waals surface area (Å²) in [7, 11) is 4.55. The molecule has 7 heteroatoms. The van der Waals surface area contributed by atoms with Gasteiger partial charge in [0.05, 0.1) is 19.8 Å². The molecule has 0 aromatic carbocycles. The van der Waals surface area contributed by atoms with Crippen molar-refractivity contribution in [2.75, 3.05) is 27.4 Å². The van der Waals surface area contributed by atoms with Crippen LogP contribution in [-0.2, 0) is 21.3 Å². The van der Waals surface area contributed by atoms with Crippen LogP contribution in [0.25, 0.3) is 0 Å². The average molecular weight is 338 g/mol. The molecule has 0 fully saturated rings. The van der Waals surface area contributed by atoms with Crippen LogP contribution in [0.3, 0.4) is 0 Å². The van der Waals surface area contributed by atoms with E-state index in [4.69, 9.17) is 9.47 Å². The fourth-order valence-electron chi connectivity index (χ4n) is 2.89. The van der Waals surface area contributed by atoms with Crippen LogP contribution in [0.1, 0.15) is 46.0 Å². The predicted molar refractivity (Wildman–Crippen MR) is 89.3 cm³/mol. The molecule has 0 saturated carbocycles. The molecule has 7 nitrogen and oxygen atoms in total. The number of rotatable bonds is 7. The molecule has 1 atom stereocenters. The minimum Gasteiger partial charge on any atom is -0.464 e. The number of esters is 1. The SMILES string of the molecule is COCCN(C(C)=O)C(C)C(=O)c1c(C)c(C(=O)OC)n(C)c1C. The summed E-state index contributed by atoms with van der Waals surface area (Å²) in [5, 5.41) is 0. The second-order valence-electron chi connectivity index (χ2n) is 5.73. The van der Waals surface area contributed by atoms with E-state index in [2.05, 4.69) is 0 Å². The van der Waals surface area contributed by atoms with Crippen molar-refractivity contribution in [3.8, 4) is 0 Å². The first-order valence-corrected chi connectivity index (χ1v) is 7.73. The molecule has 0 aliphatic carbocycles. The summed E-state index contributed by atoms with van der Waals surface area (Å²) < 4.78 is 11.4. The molecule has 0 bridgehead atoms. The van der Waals surface area contributed by atoms with Gasteiger partial charge < -0.3 is 18.9 Å². The van der Waals surface area contributed by atoms with Crippen molar-refractivity contribution < 1.29 is 23.9 Å². The van der Waals surface area contributed by atoms with Crippen molar-refractivity contribution in [3.63, 3.8) is 0 Å². The Balaban J connectivity index is 3.28. The lowest BCUT2D eigenvalue weighted by Gasteiger charge is -2.27. The monoisotopic (exact) mass is 338 g/mol. The van der Waals surface area contributed by atoms with Crippen molar-refractivity contribution in [1.29, 1.82) is 0 Å². The van der Waals surface area contributed by atoms with Crippen LogP contribution in [0.4, 0.5) is 0 Å². The molecule has 1 unspecified atom stereocenters. The normalized spacial score (nSPS) is 12.0. The van der Waals surface area contributed by atoms with Crippen molar-refractivity contribution in [2.45, 2.75) is 33.7 Å². The quantitative estimate of drug-likeness (QED) is 0.556. The molecule has 0 spiro atoms. The van der Waals surface area contributed by atoms with Gasteiger partial charge in [-0.15, -0.1) is 0 Å². The molecule has 1 rings (SSSR count). The highest BCUT2D eigenvalue weighted by atomic mass is 16.5. The van der Waals surface area contributed by atoms with E-state index in [9.17, 15) is 14.4 Å². The van der Waals surface area contributed by atoms with Gasteiger partial charge in [-0.25, -0.2) is 4.79 Å². The van der Waals surface area contributed by atoms with Crippen LogP contribution in [0.2, 0.25) is 0 Å². The highest BCUT2D eigenvalue weighted by molar-refractivity contribution is 6.06. The highest BCUT2D eigenvalue weighted by Crippen LogP contribution is 2.24. The van der Waals surface area contributed by atoms with Crippen LogP contribution in [0.15, 0.2) is 0 Å². The molecule has 0 aliphatic rings. The Labute approximate surface area is 142 Å². The first-order valence-electron chi connectivity index (χ1n) is 7.73. The number of ketones is 1. The Bertz CT molecular complexity index is 648. The molecule has 0 saturated heterocycles. The molecule has 0 aliphatic heterocycles. The first kappa shape index (κ1) is 19.9. The van der Waals surface area contributed by atoms with E-state index in [1.54, 1.807) is 39.5 Å². The summed E-state index contributed by atoms with van der Waals surface area (Å²) >= 11 is 0. The van der Waals surface area contributed by atoms with Gasteiger partial charge >= 0.3 is 5.97 Å². The number of hydrogen-bond acceptors (Lipinski definition) is 5. The molecule has 1 aromatic heterocycles. The second-order valence-corrected chi connectivity index (χ2v) is 5.73. The van der Waals surface area contributed by atoms with E-state index in [1.165, 1.54) is 18.9 Å². The Kier molecular flexibility index (Phi) is 6.71. The zero-order chi connectivity index (χ0) is 18.6. The van der Waals surface area contributed by atoms with Crippen LogP contribution in [-0.4, -0.2) is 60.5 Å². The summed E-state index contributed by atoms with van der Waals surface area (Å²) in [4.78, 5) is 38.3. The van der Waals surface area contributed by atoms with Gasteiger partial charge in [0.25, 0.3) is 0 Å². The standard InChI is InChI=1S/C17H26N2O5/c1-10-14(11(2)18(5)15(10)17(22)24-7)16(21)12(3)19(13(4)20)8-9-23-6/h12H,8-9H2,1-7H3. The minimum absolute atomic E-state index is 0.202. The van der Waals surface area contributed by atoms with Crippen LogP contribution >= 0.6 is 0 Å². The number of carbonyl (C=O) groups is 3. The number of amides is 1. The Morgan fingerprint density at radius 2 is 1.79 bits per heavy atom. The third-order valence-corrected chi connectivity index (χ3v) is 4.34. The van der Waals surface area contributed by atoms with Gasteiger partial charge in [-0.2, -0.15) is 0 Å². The molecule has 24 heavy (non-hydrogen) atoms. The van der Waals surface area contributed by atoms with Crippen molar-refractivity contribution in [1.82, 2.24) is 9.47 Å². The van der Waals surface area contributed by atoms with Gasteiger partial charge in [0.2, 0.25) is 5.91 Å². The number of ether oxygens (including phenoxy) is 2. The van der Waals surface area contributed by atoms with Gasteiger partial charge in [-0.3, -0.25) is 9.59 Å². The predicted octanol–water partition coefficient (Wildman–Crippen LogP) is 1.49. The Morgan fingerprint density at radius 3 is 2.25 bits per heavy atom. The highest BCUT2D eigenvalue weighted by Gasteiger charge is 2.31. The molecule has 1 amide bonds. The maximum absolute atomic E-state index is 13.0. The third-order valence-electron chi connectivity index (χ3n) is 4.34. The second kappa shape index (κ2) is 8.10. The average Bonchev–Trinajstić information content (AvgIpc) is 2.75. The minimum atomic E-state index is -0.650. The summed E-state index contributed by atoms with van der Waals surface area (Å²) in [5.41, 5.74) is 2.03. The molecule has 1 heterocycles. The first-order chi connectivity index (χ1) is 11.2. The summed E-state index contributed by atoms with van der Waals surface area (Å²) in [5.74, 6) is -0.901. The number of carbonyl (C=O) groups excluding carboxylic acids is 3. The van der Waals surface area contributed by atoms with Crippen molar-refractivity contribution in [2.24, 2.45) is 7.05 Å². The topological polar surface area (TPSA) is 77.8 Å². The molecular formula is C17H26N2O5. The van der Waals surface area contributed by atoms with Crippen LogP contribution in [0.5, 0.6) is 0 Å². The molecule has 1 aromatic rings. The fourth-order valence-corrected chi connectivity index (χ4v) is 2.89. The van der Waals surface area contributed by atoms with Crippen LogP contribution < -0.4 is 0 Å². The van der Waals surface area contributed by atoms with E-state index in [0.29, 0.717) is 35.7 Å². The van der Waals surface area contributed by atoms with Crippen molar-refractivity contribution in [3.05, 3.63) is 22.5 Å². The smallest absolute Gasteiger partial charge is 0.354 e. The Hall–Kier alpha value is -2.15. The third kappa shape index (κ3) is 3.67. The molecular weight excluding hydrogens is 312 g/mol. The largest absolute Gasteiger partial charge is 0.464 e. The lowest BCUT2D eigenvalue weighted by Crippen LogP contribution is -2.44. The summed E-state index contributed by atoms with van der Waals surface area (Å²) in [6.45, 7) is 7.26. The van der Waals surface area contributed by atoms with E-state index in [-0.39, 0.29) is 11.7 Å². The summed E-state index contributed by atoms with van der Waals surface area (Å²) in [6.07, 6.45) is 0. The van der Waals surface area contributed by atoms with Gasteiger partial charge in [0, 0.05) is 38.9 Å². The fraction of sp³-hybridized carbons (Fsp3) is 0.588. The van der Waals surface area contributed by atoms with Gasteiger partial charge in [0.1, 0.15) is 5.69 Å². The Morgan fingerprint density at radius 1 is 1.21 bits per heavy atom. The number of methoxy groups -OCH3 is 2. The zero-order valence-corrected chi connectivity index (χ0v) is 15.4. The lowest BCUT2D eigenvalue weighted by molar-refractivity contribution is -0.130. The van der Waals surface area contributed by atoms with Gasteiger partial charge in [0.15, 0.2) is 5.78 Å². The number of Topliss-reactive ketones (excluding diaryl/α,β-unsaturated/α-hetero) is 1. The zero-order valence-electron chi connectivity index (χ0n) is 15.4. The van der Waals surface area contributed by atoms with E-state index in [1.807, 2.05) is 0 Å². The number of aromatic nitrogens is 1. The maximum atomic E-state index is 13.0. The van der Waals surface area contributed by atoms with Crippen molar-refractivity contribution >= 4 is 17.7 Å². The van der Waals surface area contributed by atoms with Gasteiger partial charge in [-0.05, 0) is 26.3 Å².